The first-order chi connectivity index (χ1) is 15.8. The van der Waals surface area contributed by atoms with Crippen molar-refractivity contribution < 1.29 is 4.52 Å². The molecule has 0 radical (unpaired) electrons. The third kappa shape index (κ3) is 4.48. The molecule has 5 rings (SSSR count). The minimum atomic E-state index is 0.514. The van der Waals surface area contributed by atoms with Crippen LogP contribution in [-0.4, -0.2) is 24.9 Å². The Balaban J connectivity index is 1.39. The highest BCUT2D eigenvalue weighted by Gasteiger charge is 2.17. The van der Waals surface area contributed by atoms with Crippen molar-refractivity contribution in [3.05, 3.63) is 108 Å². The monoisotopic (exact) mass is 439 g/mol. The number of thioether (sulfide) groups is 1. The van der Waals surface area contributed by atoms with Crippen molar-refractivity contribution >= 4 is 11.8 Å². The minimum Gasteiger partial charge on any atom is -0.338 e. The van der Waals surface area contributed by atoms with E-state index in [0.29, 0.717) is 23.9 Å². The molecule has 0 aliphatic heterocycles. The molecule has 0 bridgehead atoms. The molecule has 32 heavy (non-hydrogen) atoms. The number of aryl methyl sites for hydroxylation is 1. The van der Waals surface area contributed by atoms with Crippen molar-refractivity contribution in [3.8, 4) is 17.1 Å². The lowest BCUT2D eigenvalue weighted by Crippen LogP contribution is -2.00. The maximum Gasteiger partial charge on any atom is 0.237 e. The Labute approximate surface area is 190 Å². The topological polar surface area (TPSA) is 69.6 Å². The number of nitrogens with zero attached hydrogens (tertiary/aromatic N) is 5. The summed E-state index contributed by atoms with van der Waals surface area (Å²) in [5.74, 6) is 2.56. The quantitative estimate of drug-likeness (QED) is 0.312. The van der Waals surface area contributed by atoms with Gasteiger partial charge < -0.3 is 4.52 Å². The molecule has 0 aliphatic rings. The molecule has 0 atom stereocenters. The van der Waals surface area contributed by atoms with Crippen molar-refractivity contribution in [2.24, 2.45) is 0 Å². The van der Waals surface area contributed by atoms with E-state index in [1.54, 1.807) is 0 Å². The van der Waals surface area contributed by atoms with E-state index in [9.17, 15) is 0 Å². The summed E-state index contributed by atoms with van der Waals surface area (Å²) in [5, 5.41) is 13.8. The Kier molecular flexibility index (Phi) is 5.81. The number of aromatic nitrogens is 5. The molecular weight excluding hydrogens is 418 g/mol. The summed E-state index contributed by atoms with van der Waals surface area (Å²) in [5.41, 5.74) is 4.38. The van der Waals surface area contributed by atoms with Crippen LogP contribution in [-0.2, 0) is 12.2 Å². The van der Waals surface area contributed by atoms with Crippen LogP contribution in [0, 0.1) is 6.92 Å². The van der Waals surface area contributed by atoms with Gasteiger partial charge in [-0.05, 0) is 24.6 Å². The van der Waals surface area contributed by atoms with Gasteiger partial charge in [-0.2, -0.15) is 4.98 Å². The molecule has 0 aliphatic carbocycles. The average Bonchev–Trinajstić information content (AvgIpc) is 3.46. The highest BCUT2D eigenvalue weighted by Crippen LogP contribution is 2.29. The van der Waals surface area contributed by atoms with Gasteiger partial charge in [0.1, 0.15) is 0 Å². The minimum absolute atomic E-state index is 0.514. The molecule has 0 N–H and O–H groups in total. The fourth-order valence-corrected chi connectivity index (χ4v) is 4.18. The van der Waals surface area contributed by atoms with E-state index in [-0.39, 0.29) is 0 Å². The molecule has 5 aromatic rings. The Morgan fingerprint density at radius 2 is 1.56 bits per heavy atom. The molecule has 2 aromatic heterocycles. The van der Waals surface area contributed by atoms with Crippen LogP contribution in [0.1, 0.15) is 22.8 Å². The van der Waals surface area contributed by atoms with E-state index >= 15 is 0 Å². The first-order valence-electron chi connectivity index (χ1n) is 10.3. The molecule has 6 nitrogen and oxygen atoms in total. The normalized spacial score (nSPS) is 11.0. The second-order valence-electron chi connectivity index (χ2n) is 7.40. The Morgan fingerprint density at radius 1 is 0.844 bits per heavy atom. The standard InChI is InChI=1S/C25H21N5OS/c1-18-12-14-21(15-13-18)30-24(20-10-6-3-7-11-20)27-28-25(30)32-17-23-26-22(29-31-23)16-19-8-4-2-5-9-19/h2-15H,16-17H2,1H3. The fourth-order valence-electron chi connectivity index (χ4n) is 3.39. The number of hydrogen-bond acceptors (Lipinski definition) is 6. The molecule has 158 valence electrons. The summed E-state index contributed by atoms with van der Waals surface area (Å²) < 4.78 is 7.54. The number of rotatable bonds is 7. The second-order valence-corrected chi connectivity index (χ2v) is 8.34. The third-order valence-corrected chi connectivity index (χ3v) is 5.91. The van der Waals surface area contributed by atoms with Gasteiger partial charge in [0.15, 0.2) is 16.8 Å². The highest BCUT2D eigenvalue weighted by atomic mass is 32.2. The van der Waals surface area contributed by atoms with Crippen LogP contribution in [0.4, 0.5) is 0 Å². The lowest BCUT2D eigenvalue weighted by molar-refractivity contribution is 0.385. The van der Waals surface area contributed by atoms with E-state index < -0.39 is 0 Å². The van der Waals surface area contributed by atoms with Crippen LogP contribution in [0.15, 0.2) is 94.6 Å². The molecule has 0 spiro atoms. The van der Waals surface area contributed by atoms with Crippen LogP contribution in [0.3, 0.4) is 0 Å². The van der Waals surface area contributed by atoms with Gasteiger partial charge in [0.25, 0.3) is 0 Å². The summed E-state index contributed by atoms with van der Waals surface area (Å²) in [4.78, 5) is 4.54. The van der Waals surface area contributed by atoms with Gasteiger partial charge in [-0.3, -0.25) is 4.57 Å². The molecule has 0 fully saturated rings. The van der Waals surface area contributed by atoms with E-state index in [0.717, 1.165) is 27.8 Å². The van der Waals surface area contributed by atoms with Gasteiger partial charge in [0.05, 0.1) is 5.75 Å². The predicted molar refractivity (Wildman–Crippen MR) is 125 cm³/mol. The van der Waals surface area contributed by atoms with Crippen molar-refractivity contribution in [2.45, 2.75) is 24.3 Å². The Hall–Kier alpha value is -3.71. The van der Waals surface area contributed by atoms with Crippen LogP contribution < -0.4 is 0 Å². The van der Waals surface area contributed by atoms with E-state index in [1.807, 2.05) is 48.5 Å². The third-order valence-electron chi connectivity index (χ3n) is 5.00. The lowest BCUT2D eigenvalue weighted by atomic mass is 10.1. The average molecular weight is 440 g/mol. The Morgan fingerprint density at radius 3 is 2.31 bits per heavy atom. The second kappa shape index (κ2) is 9.20. The zero-order valence-corrected chi connectivity index (χ0v) is 18.4. The first kappa shape index (κ1) is 20.2. The number of benzene rings is 3. The van der Waals surface area contributed by atoms with Crippen LogP contribution >= 0.6 is 11.8 Å². The van der Waals surface area contributed by atoms with Gasteiger partial charge in [-0.1, -0.05) is 95.3 Å². The van der Waals surface area contributed by atoms with Gasteiger partial charge in [0, 0.05) is 17.7 Å². The van der Waals surface area contributed by atoms with Crippen molar-refractivity contribution in [2.75, 3.05) is 0 Å². The van der Waals surface area contributed by atoms with Crippen LogP contribution in [0.5, 0.6) is 0 Å². The zero-order valence-electron chi connectivity index (χ0n) is 17.5. The summed E-state index contributed by atoms with van der Waals surface area (Å²) >= 11 is 1.53. The maximum atomic E-state index is 5.47. The Bertz CT molecular complexity index is 1300. The maximum absolute atomic E-state index is 5.47. The SMILES string of the molecule is Cc1ccc(-n2c(SCc3nc(Cc4ccccc4)no3)nnc2-c2ccccc2)cc1. The lowest BCUT2D eigenvalue weighted by Gasteiger charge is -2.10. The predicted octanol–water partition coefficient (Wildman–Crippen LogP) is 5.51. The smallest absolute Gasteiger partial charge is 0.237 e. The van der Waals surface area contributed by atoms with E-state index in [2.05, 4.69) is 68.2 Å². The van der Waals surface area contributed by atoms with Crippen LogP contribution in [0.25, 0.3) is 17.1 Å². The summed E-state index contributed by atoms with van der Waals surface area (Å²) in [6.07, 6.45) is 0.646. The summed E-state index contributed by atoms with van der Waals surface area (Å²) in [6, 6.07) is 28.5. The van der Waals surface area contributed by atoms with Gasteiger partial charge in [-0.15, -0.1) is 10.2 Å². The van der Waals surface area contributed by atoms with E-state index in [1.165, 1.54) is 17.3 Å². The van der Waals surface area contributed by atoms with Crippen molar-refractivity contribution in [3.63, 3.8) is 0 Å². The molecule has 0 saturated carbocycles. The number of hydrogen-bond donors (Lipinski definition) is 0. The molecule has 0 amide bonds. The van der Waals surface area contributed by atoms with Gasteiger partial charge in [-0.25, -0.2) is 0 Å². The zero-order chi connectivity index (χ0) is 21.8. The largest absolute Gasteiger partial charge is 0.338 e. The van der Waals surface area contributed by atoms with Gasteiger partial charge in [0.2, 0.25) is 5.89 Å². The highest BCUT2D eigenvalue weighted by molar-refractivity contribution is 7.98. The molecular formula is C25H21N5OS. The van der Waals surface area contributed by atoms with Crippen molar-refractivity contribution in [1.29, 1.82) is 0 Å². The van der Waals surface area contributed by atoms with Crippen molar-refractivity contribution in [1.82, 2.24) is 24.9 Å². The summed E-state index contributed by atoms with van der Waals surface area (Å²) in [6.45, 7) is 2.08. The molecule has 2 heterocycles. The van der Waals surface area contributed by atoms with Gasteiger partial charge >= 0.3 is 0 Å². The van der Waals surface area contributed by atoms with E-state index in [4.69, 9.17) is 4.52 Å². The molecule has 7 heteroatoms. The fraction of sp³-hybridized carbons (Fsp3) is 0.120. The molecule has 0 unspecified atom stereocenters. The molecule has 0 saturated heterocycles. The summed E-state index contributed by atoms with van der Waals surface area (Å²) in [7, 11) is 0. The first-order valence-corrected chi connectivity index (χ1v) is 11.3. The van der Waals surface area contributed by atoms with Crippen LogP contribution in [0.2, 0.25) is 0 Å². The molecule has 3 aromatic carbocycles.